The summed E-state index contributed by atoms with van der Waals surface area (Å²) in [6.07, 6.45) is 2.34. The number of aromatic nitrogens is 3. The molecule has 0 aliphatic carbocycles. The highest BCUT2D eigenvalue weighted by Gasteiger charge is 2.29. The van der Waals surface area contributed by atoms with Gasteiger partial charge >= 0.3 is 0 Å². The molecule has 0 saturated carbocycles. The third-order valence-corrected chi connectivity index (χ3v) is 6.06. The summed E-state index contributed by atoms with van der Waals surface area (Å²) in [5.41, 5.74) is 3.55. The lowest BCUT2D eigenvalue weighted by atomic mass is 10.1. The molecule has 2 saturated heterocycles. The maximum Gasteiger partial charge on any atom is 0.246 e. The van der Waals surface area contributed by atoms with Crippen LogP contribution >= 0.6 is 0 Å². The number of hydrogen-bond acceptors (Lipinski definition) is 6. The van der Waals surface area contributed by atoms with E-state index in [1.54, 1.807) is 0 Å². The number of nitrogens with zero attached hydrogens (tertiary/aromatic N) is 5. The average molecular weight is 440 g/mol. The van der Waals surface area contributed by atoms with Crippen LogP contribution in [0.4, 0.5) is 26.1 Å². The Morgan fingerprint density at radius 1 is 0.969 bits per heavy atom. The topological polar surface area (TPSA) is 58.5 Å². The monoisotopic (exact) mass is 440 g/mol. The summed E-state index contributed by atoms with van der Waals surface area (Å²) in [6, 6.07) is 10.2. The normalized spacial score (nSPS) is 17.4. The molecule has 3 aromatic rings. The van der Waals surface area contributed by atoms with Gasteiger partial charge in [-0.1, -0.05) is 6.92 Å². The molecule has 0 spiro atoms. The molecule has 32 heavy (non-hydrogen) atoms. The van der Waals surface area contributed by atoms with Crippen LogP contribution in [0.3, 0.4) is 0 Å². The molecule has 5 rings (SSSR count). The van der Waals surface area contributed by atoms with Crippen molar-refractivity contribution in [1.29, 1.82) is 0 Å². The fraction of sp³-hybridized carbons (Fsp3) is 0.391. The predicted molar refractivity (Wildman–Crippen MR) is 119 cm³/mol. The largest absolute Gasteiger partial charge is 0.378 e. The number of ether oxygens (including phenoxy) is 1. The van der Waals surface area contributed by atoms with Crippen molar-refractivity contribution in [2.24, 2.45) is 0 Å². The van der Waals surface area contributed by atoms with Crippen molar-refractivity contribution >= 4 is 17.3 Å². The lowest BCUT2D eigenvalue weighted by Crippen LogP contribution is -2.56. The molecule has 2 aliphatic rings. The molecular formula is C23H26F2N6O. The van der Waals surface area contributed by atoms with E-state index in [1.165, 1.54) is 34.4 Å². The lowest BCUT2D eigenvalue weighted by molar-refractivity contribution is -0.0660. The molecule has 1 N–H and O–H groups in total. The maximum atomic E-state index is 13.5. The van der Waals surface area contributed by atoms with E-state index in [2.05, 4.69) is 50.3 Å². The first kappa shape index (κ1) is 20.8. The summed E-state index contributed by atoms with van der Waals surface area (Å²) in [5, 5.41) is 7.57. The maximum absolute atomic E-state index is 13.5. The first-order chi connectivity index (χ1) is 15.6. The molecule has 0 amide bonds. The van der Waals surface area contributed by atoms with Crippen molar-refractivity contribution in [3.8, 4) is 5.69 Å². The van der Waals surface area contributed by atoms with Gasteiger partial charge in [0.1, 0.15) is 18.0 Å². The number of benzene rings is 2. The summed E-state index contributed by atoms with van der Waals surface area (Å²) in [6.45, 7) is 7.83. The van der Waals surface area contributed by atoms with Gasteiger partial charge in [0.25, 0.3) is 0 Å². The van der Waals surface area contributed by atoms with Gasteiger partial charge in [-0.25, -0.2) is 13.5 Å². The molecule has 2 aromatic carbocycles. The van der Waals surface area contributed by atoms with Crippen molar-refractivity contribution in [3.63, 3.8) is 0 Å². The first-order valence-corrected chi connectivity index (χ1v) is 10.9. The Labute approximate surface area is 185 Å². The van der Waals surface area contributed by atoms with Crippen molar-refractivity contribution in [2.75, 3.05) is 49.6 Å². The number of anilines is 3. The second kappa shape index (κ2) is 8.84. The zero-order chi connectivity index (χ0) is 22.1. The van der Waals surface area contributed by atoms with E-state index in [4.69, 9.17) is 4.74 Å². The number of halogens is 2. The molecule has 7 nitrogen and oxygen atoms in total. The second-order valence-corrected chi connectivity index (χ2v) is 8.22. The number of rotatable bonds is 6. The molecule has 1 aromatic heterocycles. The Morgan fingerprint density at radius 3 is 2.38 bits per heavy atom. The smallest absolute Gasteiger partial charge is 0.246 e. The summed E-state index contributed by atoms with van der Waals surface area (Å²) in [7, 11) is 0. The fourth-order valence-electron chi connectivity index (χ4n) is 4.16. The highest BCUT2D eigenvalue weighted by atomic mass is 19.1. The summed E-state index contributed by atoms with van der Waals surface area (Å²) >= 11 is 0. The highest BCUT2D eigenvalue weighted by Crippen LogP contribution is 2.26. The van der Waals surface area contributed by atoms with Crippen LogP contribution in [0, 0.1) is 11.6 Å². The van der Waals surface area contributed by atoms with Crippen LogP contribution in [-0.2, 0) is 11.2 Å². The van der Waals surface area contributed by atoms with E-state index in [9.17, 15) is 8.78 Å². The molecule has 0 unspecified atom stereocenters. The average Bonchev–Trinajstić information content (AvgIpc) is 3.20. The Hall–Kier alpha value is -3.04. The Balaban J connectivity index is 1.31. The van der Waals surface area contributed by atoms with Gasteiger partial charge in [-0.2, -0.15) is 4.98 Å². The van der Waals surface area contributed by atoms with Gasteiger partial charge in [0, 0.05) is 43.6 Å². The van der Waals surface area contributed by atoms with Crippen LogP contribution in [0.25, 0.3) is 5.69 Å². The summed E-state index contributed by atoms with van der Waals surface area (Å²) < 4.78 is 33.7. The molecule has 168 valence electrons. The van der Waals surface area contributed by atoms with Crippen molar-refractivity contribution < 1.29 is 13.5 Å². The van der Waals surface area contributed by atoms with Crippen LogP contribution in [0.2, 0.25) is 0 Å². The third-order valence-electron chi connectivity index (χ3n) is 6.06. The van der Waals surface area contributed by atoms with Gasteiger partial charge in [0.15, 0.2) is 0 Å². The molecule has 3 heterocycles. The SMILES string of the molecule is CCc1cc(Nc2ncn(-c3cc(F)cc(F)c3)n2)cc(N2CCN(C3COC3)CC2)c1. The van der Waals surface area contributed by atoms with Gasteiger partial charge in [-0.05, 0) is 42.3 Å². The zero-order valence-corrected chi connectivity index (χ0v) is 18.0. The standard InChI is InChI=1S/C23H26F2N6O/c1-2-16-7-19(12-20(8-16)29-3-5-30(6-4-29)22-13-32-14-22)27-23-26-15-31(28-23)21-10-17(24)9-18(25)11-21/h7-12,15,22H,2-6,13-14H2,1H3,(H,27,28). The number of piperazine rings is 1. The molecule has 0 atom stereocenters. The van der Waals surface area contributed by atoms with E-state index in [1.807, 2.05) is 0 Å². The lowest BCUT2D eigenvalue weighted by Gasteiger charge is -2.43. The van der Waals surface area contributed by atoms with Crippen LogP contribution in [0.1, 0.15) is 12.5 Å². The molecule has 9 heteroatoms. The van der Waals surface area contributed by atoms with Crippen molar-refractivity contribution in [1.82, 2.24) is 19.7 Å². The van der Waals surface area contributed by atoms with E-state index < -0.39 is 11.6 Å². The van der Waals surface area contributed by atoms with Gasteiger partial charge in [-0.15, -0.1) is 5.10 Å². The fourth-order valence-corrected chi connectivity index (χ4v) is 4.16. The molecule has 0 bridgehead atoms. The van der Waals surface area contributed by atoms with E-state index >= 15 is 0 Å². The van der Waals surface area contributed by atoms with Crippen LogP contribution in [0.15, 0.2) is 42.7 Å². The van der Waals surface area contributed by atoms with E-state index in [0.29, 0.717) is 12.0 Å². The predicted octanol–water partition coefficient (Wildman–Crippen LogP) is 3.37. The minimum Gasteiger partial charge on any atom is -0.378 e. The molecule has 2 aliphatic heterocycles. The van der Waals surface area contributed by atoms with E-state index in [0.717, 1.165) is 57.6 Å². The quantitative estimate of drug-likeness (QED) is 0.634. The second-order valence-electron chi connectivity index (χ2n) is 8.22. The third kappa shape index (κ3) is 4.44. The van der Waals surface area contributed by atoms with Gasteiger partial charge in [0.2, 0.25) is 5.95 Å². The minimum atomic E-state index is -0.657. The summed E-state index contributed by atoms with van der Waals surface area (Å²) in [4.78, 5) is 9.17. The molecular weight excluding hydrogens is 414 g/mol. The molecule has 0 radical (unpaired) electrons. The number of aryl methyl sites for hydroxylation is 1. The van der Waals surface area contributed by atoms with Crippen molar-refractivity contribution in [3.05, 3.63) is 59.9 Å². The Kier molecular flexibility index (Phi) is 5.75. The van der Waals surface area contributed by atoms with Crippen LogP contribution < -0.4 is 10.2 Å². The number of nitrogens with one attached hydrogen (secondary N) is 1. The zero-order valence-electron chi connectivity index (χ0n) is 18.0. The molecule has 2 fully saturated rings. The highest BCUT2D eigenvalue weighted by molar-refractivity contribution is 5.64. The Bertz CT molecular complexity index is 1070. The first-order valence-electron chi connectivity index (χ1n) is 10.9. The van der Waals surface area contributed by atoms with E-state index in [-0.39, 0.29) is 5.69 Å². The van der Waals surface area contributed by atoms with Crippen LogP contribution in [-0.4, -0.2) is 65.1 Å². The van der Waals surface area contributed by atoms with Crippen LogP contribution in [0.5, 0.6) is 0 Å². The number of hydrogen-bond donors (Lipinski definition) is 1. The Morgan fingerprint density at radius 2 is 1.72 bits per heavy atom. The minimum absolute atomic E-state index is 0.279. The summed E-state index contributed by atoms with van der Waals surface area (Å²) in [5.74, 6) is -0.950. The van der Waals surface area contributed by atoms with Gasteiger partial charge < -0.3 is 15.0 Å². The van der Waals surface area contributed by atoms with Gasteiger partial charge in [0.05, 0.1) is 24.9 Å². The van der Waals surface area contributed by atoms with Crippen molar-refractivity contribution in [2.45, 2.75) is 19.4 Å². The van der Waals surface area contributed by atoms with Gasteiger partial charge in [-0.3, -0.25) is 4.90 Å².